The van der Waals surface area contributed by atoms with Gasteiger partial charge in [0.2, 0.25) is 0 Å². The van der Waals surface area contributed by atoms with E-state index in [-0.39, 0.29) is 18.4 Å². The van der Waals surface area contributed by atoms with Crippen molar-refractivity contribution in [3.63, 3.8) is 0 Å². The number of ether oxygens (including phenoxy) is 1. The van der Waals surface area contributed by atoms with E-state index in [0.29, 0.717) is 18.1 Å². The molecule has 2 nitrogen and oxygen atoms in total. The molecule has 0 saturated carbocycles. The van der Waals surface area contributed by atoms with Gasteiger partial charge in [-0.15, -0.1) is 0 Å². The third-order valence-electron chi connectivity index (χ3n) is 5.89. The van der Waals surface area contributed by atoms with Crippen LogP contribution in [0.2, 0.25) is 5.02 Å². The number of benzene rings is 4. The molecule has 0 aliphatic rings. The molecule has 0 saturated heterocycles. The van der Waals surface area contributed by atoms with Gasteiger partial charge in [-0.2, -0.15) is 0 Å². The number of rotatable bonds is 8. The standard InChI is InChI=1S/C29H27ClO2P.ClH/c1-2-32-29(31)28(22-23-14-12-13-21-27(23)30)33(24-15-6-3-7-16-24,25-17-8-4-9-18-25)26-19-10-5-11-20-26;/h3-21,28H,2,22H2,1H3;1H/q+1;/p-1. The lowest BCUT2D eigenvalue weighted by atomic mass is 10.1. The van der Waals surface area contributed by atoms with Crippen LogP contribution in [0.15, 0.2) is 115 Å². The van der Waals surface area contributed by atoms with Crippen LogP contribution in [0.3, 0.4) is 0 Å². The zero-order chi connectivity index (χ0) is 23.1. The van der Waals surface area contributed by atoms with Crippen LogP contribution in [-0.2, 0) is 16.0 Å². The third-order valence-corrected chi connectivity index (χ3v) is 10.9. The van der Waals surface area contributed by atoms with Gasteiger partial charge in [-0.05, 0) is 55.0 Å². The molecule has 1 atom stereocenters. The summed E-state index contributed by atoms with van der Waals surface area (Å²) >= 11 is 6.60. The van der Waals surface area contributed by atoms with Gasteiger partial charge in [0.25, 0.3) is 0 Å². The van der Waals surface area contributed by atoms with Crippen LogP contribution in [0.25, 0.3) is 0 Å². The smallest absolute Gasteiger partial charge is 0.348 e. The largest absolute Gasteiger partial charge is 1.00 e. The van der Waals surface area contributed by atoms with Gasteiger partial charge in [0.05, 0.1) is 6.61 Å². The van der Waals surface area contributed by atoms with E-state index in [4.69, 9.17) is 16.3 Å². The summed E-state index contributed by atoms with van der Waals surface area (Å²) < 4.78 is 5.73. The fraction of sp³-hybridized carbons (Fsp3) is 0.138. The molecule has 34 heavy (non-hydrogen) atoms. The molecule has 0 radical (unpaired) electrons. The van der Waals surface area contributed by atoms with Gasteiger partial charge in [-0.25, -0.2) is 4.79 Å². The van der Waals surface area contributed by atoms with Crippen molar-refractivity contribution in [2.45, 2.75) is 19.0 Å². The summed E-state index contributed by atoms with van der Waals surface area (Å²) in [5, 5.41) is 4.10. The van der Waals surface area contributed by atoms with Gasteiger partial charge in [0.15, 0.2) is 5.66 Å². The highest BCUT2D eigenvalue weighted by Gasteiger charge is 2.56. The van der Waals surface area contributed by atoms with Crippen molar-refractivity contribution >= 4 is 40.7 Å². The summed E-state index contributed by atoms with van der Waals surface area (Å²) in [7, 11) is -2.47. The molecule has 1 unspecified atom stereocenters. The molecule has 4 aromatic carbocycles. The first-order valence-electron chi connectivity index (χ1n) is 11.1. The minimum atomic E-state index is -2.47. The van der Waals surface area contributed by atoms with E-state index in [0.717, 1.165) is 21.5 Å². The van der Waals surface area contributed by atoms with E-state index in [1.54, 1.807) is 0 Å². The molecular weight excluding hydrogens is 482 g/mol. The summed E-state index contributed by atoms with van der Waals surface area (Å²) in [6.45, 7) is 2.19. The molecule has 0 heterocycles. The van der Waals surface area contributed by atoms with E-state index in [1.807, 2.05) is 85.8 Å². The molecular formula is C29H27Cl2O2P. The number of esters is 1. The molecule has 4 aromatic rings. The Labute approximate surface area is 213 Å². The predicted molar refractivity (Wildman–Crippen MR) is 141 cm³/mol. The van der Waals surface area contributed by atoms with Gasteiger partial charge in [-0.1, -0.05) is 84.4 Å². The van der Waals surface area contributed by atoms with Gasteiger partial charge >= 0.3 is 5.97 Å². The minimum Gasteiger partial charge on any atom is -1.00 e. The molecule has 174 valence electrons. The van der Waals surface area contributed by atoms with Gasteiger partial charge in [-0.3, -0.25) is 0 Å². The molecule has 0 N–H and O–H groups in total. The summed E-state index contributed by atoms with van der Waals surface area (Å²) in [5.74, 6) is -0.192. The summed E-state index contributed by atoms with van der Waals surface area (Å²) in [6, 6.07) is 39.0. The van der Waals surface area contributed by atoms with E-state index in [1.165, 1.54) is 0 Å². The Morgan fingerprint density at radius 2 is 1.15 bits per heavy atom. The Hall–Kier alpha value is -2.64. The molecule has 0 fully saturated rings. The van der Waals surface area contributed by atoms with E-state index < -0.39 is 12.9 Å². The van der Waals surface area contributed by atoms with Crippen LogP contribution in [0, 0.1) is 0 Å². The highest BCUT2D eigenvalue weighted by molar-refractivity contribution is 7.96. The van der Waals surface area contributed by atoms with Crippen molar-refractivity contribution in [2.24, 2.45) is 0 Å². The average molecular weight is 509 g/mol. The van der Waals surface area contributed by atoms with Crippen molar-refractivity contribution in [3.05, 3.63) is 126 Å². The van der Waals surface area contributed by atoms with Crippen LogP contribution in [0.1, 0.15) is 12.5 Å². The Bertz CT molecular complexity index is 1090. The molecule has 0 spiro atoms. The number of carbonyl (C=O) groups excluding carboxylic acids is 1. The lowest BCUT2D eigenvalue weighted by Gasteiger charge is -2.33. The fourth-order valence-electron chi connectivity index (χ4n) is 4.47. The molecule has 0 amide bonds. The minimum absolute atomic E-state index is 0. The van der Waals surface area contributed by atoms with Crippen molar-refractivity contribution in [1.82, 2.24) is 0 Å². The highest BCUT2D eigenvalue weighted by atomic mass is 35.5. The second kappa shape index (κ2) is 12.2. The lowest BCUT2D eigenvalue weighted by Crippen LogP contribution is -3.00. The maximum Gasteiger partial charge on any atom is 0.348 e. The van der Waals surface area contributed by atoms with Crippen LogP contribution in [0.5, 0.6) is 0 Å². The topological polar surface area (TPSA) is 26.3 Å². The summed E-state index contributed by atoms with van der Waals surface area (Å²) in [5.41, 5.74) is 0.522. The van der Waals surface area contributed by atoms with Crippen LogP contribution >= 0.6 is 18.9 Å². The van der Waals surface area contributed by atoms with Gasteiger partial charge in [0.1, 0.15) is 23.2 Å². The van der Waals surface area contributed by atoms with Gasteiger partial charge < -0.3 is 17.1 Å². The maximum atomic E-state index is 13.8. The average Bonchev–Trinajstić information content (AvgIpc) is 2.87. The Morgan fingerprint density at radius 3 is 1.56 bits per heavy atom. The molecule has 4 rings (SSSR count). The third kappa shape index (κ3) is 5.20. The van der Waals surface area contributed by atoms with Crippen LogP contribution < -0.4 is 28.3 Å². The summed E-state index contributed by atoms with van der Waals surface area (Å²) in [6.07, 6.45) is 0.491. The first-order chi connectivity index (χ1) is 16.2. The zero-order valence-electron chi connectivity index (χ0n) is 19.0. The van der Waals surface area contributed by atoms with E-state index in [9.17, 15) is 4.79 Å². The second-order valence-corrected chi connectivity index (χ2v) is 11.8. The maximum absolute atomic E-state index is 13.8. The number of hydrogen-bond acceptors (Lipinski definition) is 2. The summed E-state index contributed by atoms with van der Waals surface area (Å²) in [4.78, 5) is 13.8. The molecule has 0 aromatic heterocycles. The monoisotopic (exact) mass is 508 g/mol. The second-order valence-electron chi connectivity index (χ2n) is 7.79. The Morgan fingerprint density at radius 1 is 0.735 bits per heavy atom. The van der Waals surface area contributed by atoms with E-state index >= 15 is 0 Å². The highest BCUT2D eigenvalue weighted by Crippen LogP contribution is 2.61. The quantitative estimate of drug-likeness (QED) is 0.270. The lowest BCUT2D eigenvalue weighted by molar-refractivity contribution is -0.142. The Balaban J connectivity index is 0.00000324. The van der Waals surface area contributed by atoms with Crippen molar-refractivity contribution in [2.75, 3.05) is 6.61 Å². The molecule has 0 aliphatic carbocycles. The first-order valence-corrected chi connectivity index (χ1v) is 13.4. The Kier molecular flexibility index (Phi) is 9.30. The normalized spacial score (nSPS) is 11.8. The molecule has 0 aliphatic heterocycles. The molecule has 5 heteroatoms. The number of carbonyl (C=O) groups is 1. The van der Waals surface area contributed by atoms with Gasteiger partial charge in [0, 0.05) is 11.4 Å². The van der Waals surface area contributed by atoms with Crippen molar-refractivity contribution < 1.29 is 21.9 Å². The fourth-order valence-corrected chi connectivity index (χ4v) is 9.44. The SMILES string of the molecule is CCOC(=O)C(Cc1ccccc1Cl)[P+](c1ccccc1)(c1ccccc1)c1ccccc1.[Cl-]. The predicted octanol–water partition coefficient (Wildman–Crippen LogP) is 2.81. The van der Waals surface area contributed by atoms with Crippen molar-refractivity contribution in [3.8, 4) is 0 Å². The first kappa shape index (κ1) is 26.0. The molecule has 0 bridgehead atoms. The zero-order valence-corrected chi connectivity index (χ0v) is 21.4. The van der Waals surface area contributed by atoms with Crippen LogP contribution in [0.4, 0.5) is 0 Å². The van der Waals surface area contributed by atoms with Crippen LogP contribution in [-0.4, -0.2) is 18.2 Å². The van der Waals surface area contributed by atoms with Crippen molar-refractivity contribution in [1.29, 1.82) is 0 Å². The number of halogens is 2. The van der Waals surface area contributed by atoms with E-state index in [2.05, 4.69) is 36.4 Å². The number of hydrogen-bond donors (Lipinski definition) is 0.